The summed E-state index contributed by atoms with van der Waals surface area (Å²) in [5.74, 6) is -10.6. The van der Waals surface area contributed by atoms with Crippen LogP contribution in [0.2, 0.25) is 0 Å². The van der Waals surface area contributed by atoms with Gasteiger partial charge in [-0.25, -0.2) is 29.1 Å². The Morgan fingerprint density at radius 1 is 0.317 bits per heavy atom. The first-order valence-corrected chi connectivity index (χ1v) is 34.7. The number of thiol groups is 4. The van der Waals surface area contributed by atoms with Crippen LogP contribution in [0.4, 0.5) is 17.1 Å². The summed E-state index contributed by atoms with van der Waals surface area (Å²) in [6, 6.07) is 58.0. The maximum Gasteiger partial charge on any atom is 0.394 e. The first kappa shape index (κ1) is 70.2. The van der Waals surface area contributed by atoms with E-state index in [2.05, 4.69) is 76.4 Å². The van der Waals surface area contributed by atoms with Crippen molar-refractivity contribution in [2.45, 2.75) is 29.4 Å². The summed E-state index contributed by atoms with van der Waals surface area (Å²) < 4.78 is 0. The van der Waals surface area contributed by atoms with Crippen molar-refractivity contribution in [1.82, 2.24) is 19.9 Å². The molecule has 9 N–H and O–H groups in total. The molecule has 0 aliphatic carbocycles. The number of aromatic amines is 2. The number of aliphatic carboxylic acids is 4. The molecule has 0 atom stereocenters. The Hall–Kier alpha value is -12.3. The second-order valence-electron chi connectivity index (χ2n) is 24.3. The molecule has 0 saturated heterocycles. The number of Topliss-reactive ketones (excluding diaryl/α,β-unsaturated/α-hetero) is 1. The third-order valence-electron chi connectivity index (χ3n) is 17.7. The number of H-pyrrole nitrogens is 2. The lowest BCUT2D eigenvalue weighted by Crippen LogP contribution is -2.22. The lowest BCUT2D eigenvalue weighted by atomic mass is 9.91. The van der Waals surface area contributed by atoms with Crippen LogP contribution in [-0.2, 0) is 67.8 Å². The lowest BCUT2D eigenvalue weighted by Gasteiger charge is -2.16. The summed E-state index contributed by atoms with van der Waals surface area (Å²) in [5, 5.41) is 48.7. The molecule has 19 nitrogen and oxygen atoms in total. The number of nitrogens with one attached hydrogen (secondary N) is 5. The molecule has 0 radical (unpaired) electrons. The number of hydrogen-bond donors (Lipinski definition) is 13. The van der Waals surface area contributed by atoms with Gasteiger partial charge in [0.15, 0.2) is 0 Å². The summed E-state index contributed by atoms with van der Waals surface area (Å²) in [7, 11) is 0. The fourth-order valence-electron chi connectivity index (χ4n) is 12.8. The molecule has 5 heterocycles. The summed E-state index contributed by atoms with van der Waals surface area (Å²) >= 11 is 18.3. The van der Waals surface area contributed by atoms with Crippen molar-refractivity contribution in [3.8, 4) is 89.0 Å². The van der Waals surface area contributed by atoms with Crippen molar-refractivity contribution in [1.29, 1.82) is 0 Å². The quantitative estimate of drug-likeness (QED) is 0.0281. The number of anilines is 3. The highest BCUT2D eigenvalue weighted by Gasteiger charge is 2.28. The number of carboxylic acid groups (broad SMARTS) is 4. The SMILES string of the molecule is O=C(O)C(=O)Cc1ccc(-c2cccc(CS)c2)cc1-c1c2nc(c(-c3cc(-c4cccc(CS)c4)ccc3NC(=O)C(=O)O)c3ccc([nH]3)c(-c3cc(-c4cccc(CS)c4)ccc3NC(=O)C(=O)O)c3nc(c(-c4cc(-c5cccc(CS)c5)ccc4NC(=O)C(=O)O)c4ccc1[nH]4)C=C3)C=C2. The predicted molar refractivity (Wildman–Crippen MR) is 418 cm³/mol. The Bertz CT molecular complexity index is 5040. The molecule has 11 aromatic rings. The van der Waals surface area contributed by atoms with Crippen LogP contribution in [0.5, 0.6) is 0 Å². The molecule has 0 unspecified atom stereocenters. The normalized spacial score (nSPS) is 11.5. The van der Waals surface area contributed by atoms with Gasteiger partial charge in [0.2, 0.25) is 5.78 Å². The van der Waals surface area contributed by atoms with Gasteiger partial charge in [-0.3, -0.25) is 19.2 Å². The molecule has 0 spiro atoms. The number of benzene rings is 8. The van der Waals surface area contributed by atoms with E-state index in [0.29, 0.717) is 78.5 Å². The molecule has 23 heteroatoms. The molecule has 104 heavy (non-hydrogen) atoms. The standard InChI is InChI=1S/C81H59N7O12S4/c89-70(78(93)94)37-54-14-13-50(46-9-1-5-42(29-46)38-101)33-55(54)71-62-21-23-64(82-62)72(56-34-51(47-10-2-6-43(30-47)39-102)15-18-59(56)86-75(90)79(95)96)66-25-27-68(84-66)74(58-36-53(49-12-4-8-45(32-49)41-104)17-20-61(58)88-77(92)81(99)100)69-28-26-67(85-69)73(65-24-22-63(71)83-65)57-35-52(48-11-3-7-44(31-48)40-103)16-19-60(57)87-76(91)80(97)98/h1-36,82,85,101-104H,37-41H2,(H,86,90)(H,87,91)(H,88,92)(H,93,94)(H,95,96)(H,97,98)(H,99,100). The highest BCUT2D eigenvalue weighted by molar-refractivity contribution is 7.79. The molecular weight excluding hydrogens is 1390 g/mol. The minimum absolute atomic E-state index is 0.0389. The second kappa shape index (κ2) is 30.1. The second-order valence-corrected chi connectivity index (χ2v) is 25.5. The van der Waals surface area contributed by atoms with Gasteiger partial charge in [0.1, 0.15) is 0 Å². The van der Waals surface area contributed by atoms with E-state index in [-0.39, 0.29) is 78.8 Å². The van der Waals surface area contributed by atoms with E-state index in [0.717, 1.165) is 44.5 Å². The van der Waals surface area contributed by atoms with E-state index in [4.69, 9.17) is 9.97 Å². The van der Waals surface area contributed by atoms with Crippen molar-refractivity contribution in [2.75, 3.05) is 16.0 Å². The molecule has 0 saturated carbocycles. The number of carboxylic acids is 4. The van der Waals surface area contributed by atoms with Crippen LogP contribution in [0.3, 0.4) is 0 Å². The van der Waals surface area contributed by atoms with Crippen LogP contribution < -0.4 is 16.0 Å². The highest BCUT2D eigenvalue weighted by atomic mass is 32.1. The Morgan fingerprint density at radius 2 is 0.587 bits per heavy atom. The van der Waals surface area contributed by atoms with Crippen molar-refractivity contribution < 1.29 is 58.8 Å². The van der Waals surface area contributed by atoms with Crippen LogP contribution in [0, 0.1) is 0 Å². The maximum atomic E-state index is 13.7. The van der Waals surface area contributed by atoms with Gasteiger partial charge in [-0.2, -0.15) is 50.5 Å². The third kappa shape index (κ3) is 14.6. The molecule has 3 aromatic heterocycles. The van der Waals surface area contributed by atoms with Crippen molar-refractivity contribution in [3.63, 3.8) is 0 Å². The fourth-order valence-corrected chi connectivity index (χ4v) is 13.6. The van der Waals surface area contributed by atoms with E-state index < -0.39 is 53.8 Å². The summed E-state index contributed by atoms with van der Waals surface area (Å²) in [6.07, 6.45) is 6.26. The number of rotatable bonds is 18. The zero-order valence-electron chi connectivity index (χ0n) is 54.6. The molecule has 514 valence electrons. The highest BCUT2D eigenvalue weighted by Crippen LogP contribution is 2.46. The van der Waals surface area contributed by atoms with Crippen molar-refractivity contribution in [3.05, 3.63) is 245 Å². The summed E-state index contributed by atoms with van der Waals surface area (Å²) in [5.41, 5.74) is 13.8. The van der Waals surface area contributed by atoms with E-state index in [1.165, 1.54) is 0 Å². The number of ketones is 1. The zero-order valence-corrected chi connectivity index (χ0v) is 58.1. The molecule has 13 rings (SSSR count). The first-order chi connectivity index (χ1) is 50.3. The summed E-state index contributed by atoms with van der Waals surface area (Å²) in [4.78, 5) is 123. The maximum absolute atomic E-state index is 13.7. The van der Waals surface area contributed by atoms with Crippen LogP contribution in [-0.4, -0.2) is 87.7 Å². The summed E-state index contributed by atoms with van der Waals surface area (Å²) in [6.45, 7) is 0. The Balaban J connectivity index is 1.25. The van der Waals surface area contributed by atoms with E-state index in [9.17, 15) is 58.8 Å². The van der Waals surface area contributed by atoms with Gasteiger partial charge in [-0.15, -0.1) is 0 Å². The minimum Gasteiger partial charge on any atom is -0.475 e. The van der Waals surface area contributed by atoms with Crippen molar-refractivity contribution >= 4 is 161 Å². The van der Waals surface area contributed by atoms with Gasteiger partial charge >= 0.3 is 41.6 Å². The van der Waals surface area contributed by atoms with E-state index in [1.807, 2.05) is 103 Å². The first-order valence-electron chi connectivity index (χ1n) is 32.2. The van der Waals surface area contributed by atoms with Gasteiger partial charge in [-0.1, -0.05) is 127 Å². The molecule has 0 fully saturated rings. The van der Waals surface area contributed by atoms with Gasteiger partial charge in [0.25, 0.3) is 0 Å². The molecule has 3 amide bonds. The number of fused-ring (bicyclic) bond motifs is 8. The van der Waals surface area contributed by atoms with Crippen LogP contribution >= 0.6 is 50.5 Å². The number of aromatic nitrogens is 4. The van der Waals surface area contributed by atoms with Gasteiger partial charge in [0, 0.05) is 108 Å². The molecular formula is C81H59N7O12S4. The Kier molecular flexibility index (Phi) is 20.3. The number of amides is 3. The van der Waals surface area contributed by atoms with E-state index in [1.54, 1.807) is 115 Å². The zero-order chi connectivity index (χ0) is 73.0. The van der Waals surface area contributed by atoms with Crippen LogP contribution in [0.15, 0.2) is 194 Å². The van der Waals surface area contributed by atoms with Crippen LogP contribution in [0.1, 0.15) is 50.6 Å². The Labute approximate surface area is 615 Å². The van der Waals surface area contributed by atoms with Gasteiger partial charge in [-0.05, 0) is 169 Å². The number of hydrogen-bond acceptors (Lipinski definition) is 14. The number of carbonyl (C=O) groups excluding carboxylic acids is 4. The number of carbonyl (C=O) groups is 8. The largest absolute Gasteiger partial charge is 0.475 e. The lowest BCUT2D eigenvalue weighted by molar-refractivity contribution is -0.148. The number of nitrogens with zero attached hydrogens (tertiary/aromatic N) is 2. The average molecular weight is 1450 g/mol. The molecule has 2 aliphatic heterocycles. The predicted octanol–water partition coefficient (Wildman–Crippen LogP) is 16.0. The molecule has 8 bridgehead atoms. The monoisotopic (exact) mass is 1450 g/mol. The average Bonchev–Trinajstić information content (AvgIpc) is 1.51. The Morgan fingerprint density at radius 3 is 0.865 bits per heavy atom. The molecule has 8 aromatic carbocycles. The molecule has 2 aliphatic rings. The van der Waals surface area contributed by atoms with Gasteiger partial charge in [0.05, 0.1) is 22.8 Å². The topological polar surface area (TPSA) is 311 Å². The smallest absolute Gasteiger partial charge is 0.394 e. The minimum atomic E-state index is -1.78. The van der Waals surface area contributed by atoms with E-state index >= 15 is 0 Å². The van der Waals surface area contributed by atoms with Crippen LogP contribution in [0.25, 0.3) is 135 Å². The van der Waals surface area contributed by atoms with Crippen molar-refractivity contribution in [2.24, 2.45) is 0 Å². The van der Waals surface area contributed by atoms with Gasteiger partial charge < -0.3 is 46.3 Å². The fraction of sp³-hybridized carbons (Fsp3) is 0.0617. The third-order valence-corrected chi connectivity index (χ3v) is 19.1.